The number of carbonyl (C=O) groups excluding carboxylic acids is 1. The number of nitrogens with one attached hydrogen (secondary N) is 1. The molecule has 0 spiro atoms. The van der Waals surface area contributed by atoms with E-state index >= 15 is 0 Å². The second-order valence-corrected chi connectivity index (χ2v) is 5.39. The van der Waals surface area contributed by atoms with E-state index in [4.69, 9.17) is 9.47 Å². The maximum absolute atomic E-state index is 12.3. The van der Waals surface area contributed by atoms with Gasteiger partial charge in [0.05, 0.1) is 14.2 Å². The van der Waals surface area contributed by atoms with Gasteiger partial charge in [-0.15, -0.1) is 0 Å². The molecule has 4 heteroatoms. The highest BCUT2D eigenvalue weighted by Gasteiger charge is 2.18. The zero-order chi connectivity index (χ0) is 14.5. The van der Waals surface area contributed by atoms with Crippen LogP contribution in [0, 0.1) is 0 Å². The van der Waals surface area contributed by atoms with Gasteiger partial charge in [0, 0.05) is 18.5 Å². The molecule has 0 amide bonds. The van der Waals surface area contributed by atoms with Crippen molar-refractivity contribution in [1.82, 2.24) is 5.32 Å². The lowest BCUT2D eigenvalue weighted by molar-refractivity contribution is 0.0974. The number of benzene rings is 1. The van der Waals surface area contributed by atoms with Gasteiger partial charge in [0.2, 0.25) is 0 Å². The average Bonchev–Trinajstić information content (AvgIpc) is 2.35. The molecule has 0 aliphatic rings. The predicted octanol–water partition coefficient (Wildman–Crippen LogP) is 2.66. The van der Waals surface area contributed by atoms with E-state index in [0.29, 0.717) is 30.0 Å². The highest BCUT2D eigenvalue weighted by atomic mass is 16.5. The van der Waals surface area contributed by atoms with Crippen LogP contribution in [0.2, 0.25) is 0 Å². The minimum atomic E-state index is 0.00510. The lowest BCUT2D eigenvalue weighted by Gasteiger charge is -2.20. The third-order valence-electron chi connectivity index (χ3n) is 2.71. The van der Waals surface area contributed by atoms with Crippen LogP contribution in [-0.4, -0.2) is 32.1 Å². The van der Waals surface area contributed by atoms with Crippen LogP contribution in [0.25, 0.3) is 0 Å². The Bertz CT molecular complexity index is 413. The maximum Gasteiger partial charge on any atom is 0.171 e. The van der Waals surface area contributed by atoms with E-state index in [1.165, 1.54) is 0 Å². The monoisotopic (exact) mass is 265 g/mol. The molecular weight excluding hydrogens is 242 g/mol. The van der Waals surface area contributed by atoms with Crippen molar-refractivity contribution >= 4 is 5.78 Å². The number of carbonyl (C=O) groups is 1. The van der Waals surface area contributed by atoms with Gasteiger partial charge in [0.1, 0.15) is 17.1 Å². The Hall–Kier alpha value is -1.55. The second-order valence-electron chi connectivity index (χ2n) is 5.39. The van der Waals surface area contributed by atoms with Crippen molar-refractivity contribution in [2.45, 2.75) is 32.7 Å². The minimum Gasteiger partial charge on any atom is -0.496 e. The van der Waals surface area contributed by atoms with E-state index in [1.54, 1.807) is 26.4 Å². The molecule has 4 nitrogen and oxygen atoms in total. The van der Waals surface area contributed by atoms with Crippen molar-refractivity contribution in [1.29, 1.82) is 0 Å². The Balaban J connectivity index is 2.81. The molecule has 0 aliphatic carbocycles. The molecule has 0 radical (unpaired) electrons. The van der Waals surface area contributed by atoms with E-state index < -0.39 is 0 Å². The van der Waals surface area contributed by atoms with E-state index in [2.05, 4.69) is 26.1 Å². The van der Waals surface area contributed by atoms with Gasteiger partial charge in [-0.3, -0.25) is 4.79 Å². The molecule has 0 unspecified atom stereocenters. The van der Waals surface area contributed by atoms with Gasteiger partial charge in [0.15, 0.2) is 5.78 Å². The van der Waals surface area contributed by atoms with Crippen LogP contribution in [0.15, 0.2) is 18.2 Å². The number of rotatable bonds is 6. The number of Topliss-reactive ketones (excluding diaryl/α,β-unsaturated/α-hetero) is 1. The fraction of sp³-hybridized carbons (Fsp3) is 0.533. The molecule has 0 heterocycles. The fourth-order valence-corrected chi connectivity index (χ4v) is 1.80. The van der Waals surface area contributed by atoms with Crippen LogP contribution in [-0.2, 0) is 0 Å². The average molecular weight is 265 g/mol. The predicted molar refractivity (Wildman–Crippen MR) is 76.2 cm³/mol. The van der Waals surface area contributed by atoms with Gasteiger partial charge in [0.25, 0.3) is 0 Å². The van der Waals surface area contributed by atoms with Gasteiger partial charge in [-0.1, -0.05) is 6.07 Å². The Kier molecular flexibility index (Phi) is 5.36. The molecule has 1 rings (SSSR count). The molecule has 0 atom stereocenters. The summed E-state index contributed by atoms with van der Waals surface area (Å²) in [6.45, 7) is 6.84. The summed E-state index contributed by atoms with van der Waals surface area (Å²) in [4.78, 5) is 12.3. The van der Waals surface area contributed by atoms with E-state index in [9.17, 15) is 4.79 Å². The van der Waals surface area contributed by atoms with Gasteiger partial charge in [-0.25, -0.2) is 0 Å². The summed E-state index contributed by atoms with van der Waals surface area (Å²) in [5, 5.41) is 3.30. The summed E-state index contributed by atoms with van der Waals surface area (Å²) < 4.78 is 10.5. The van der Waals surface area contributed by atoms with Gasteiger partial charge < -0.3 is 14.8 Å². The Morgan fingerprint density at radius 2 is 1.68 bits per heavy atom. The molecule has 0 aliphatic heterocycles. The number of hydrogen-bond acceptors (Lipinski definition) is 4. The number of methoxy groups -OCH3 is 2. The first-order valence-electron chi connectivity index (χ1n) is 6.38. The van der Waals surface area contributed by atoms with Crippen LogP contribution in [0.1, 0.15) is 37.6 Å². The Labute approximate surface area is 115 Å². The summed E-state index contributed by atoms with van der Waals surface area (Å²) in [7, 11) is 3.11. The van der Waals surface area contributed by atoms with E-state index in [0.717, 1.165) is 0 Å². The largest absolute Gasteiger partial charge is 0.496 e. The summed E-state index contributed by atoms with van der Waals surface area (Å²) in [6.07, 6.45) is 0.411. The summed E-state index contributed by atoms with van der Waals surface area (Å²) in [5.74, 6) is 1.13. The van der Waals surface area contributed by atoms with Gasteiger partial charge >= 0.3 is 0 Å². The zero-order valence-corrected chi connectivity index (χ0v) is 12.4. The smallest absolute Gasteiger partial charge is 0.171 e. The van der Waals surface area contributed by atoms with Gasteiger partial charge in [-0.05, 0) is 32.9 Å². The first-order valence-corrected chi connectivity index (χ1v) is 6.38. The van der Waals surface area contributed by atoms with E-state index in [-0.39, 0.29) is 11.3 Å². The molecule has 1 aromatic rings. The molecule has 0 saturated heterocycles. The topological polar surface area (TPSA) is 47.6 Å². The molecule has 19 heavy (non-hydrogen) atoms. The Morgan fingerprint density at radius 3 is 2.11 bits per heavy atom. The molecule has 1 N–H and O–H groups in total. The zero-order valence-electron chi connectivity index (χ0n) is 12.4. The van der Waals surface area contributed by atoms with Crippen molar-refractivity contribution in [2.24, 2.45) is 0 Å². The van der Waals surface area contributed by atoms with Crippen LogP contribution in [0.4, 0.5) is 0 Å². The summed E-state index contributed by atoms with van der Waals surface area (Å²) >= 11 is 0. The van der Waals surface area contributed by atoms with Crippen LogP contribution >= 0.6 is 0 Å². The highest BCUT2D eigenvalue weighted by Crippen LogP contribution is 2.29. The fourth-order valence-electron chi connectivity index (χ4n) is 1.80. The summed E-state index contributed by atoms with van der Waals surface area (Å²) in [6, 6.07) is 5.35. The number of ether oxygens (including phenoxy) is 2. The molecule has 106 valence electrons. The van der Waals surface area contributed by atoms with Crippen molar-refractivity contribution < 1.29 is 14.3 Å². The van der Waals surface area contributed by atoms with Crippen molar-refractivity contribution in [3.63, 3.8) is 0 Å². The molecule has 0 fully saturated rings. The third-order valence-corrected chi connectivity index (χ3v) is 2.71. The lowest BCUT2D eigenvalue weighted by atomic mass is 10.0. The number of hydrogen-bond donors (Lipinski definition) is 1. The normalized spacial score (nSPS) is 11.2. The molecule has 0 aromatic heterocycles. The molecular formula is C15H23NO3. The van der Waals surface area contributed by atoms with Crippen LogP contribution in [0.5, 0.6) is 11.5 Å². The highest BCUT2D eigenvalue weighted by molar-refractivity contribution is 6.01. The SMILES string of the molecule is COc1cccc(OC)c1C(=O)CCNC(C)(C)C. The lowest BCUT2D eigenvalue weighted by Crippen LogP contribution is -2.37. The first-order chi connectivity index (χ1) is 8.89. The maximum atomic E-state index is 12.3. The van der Waals surface area contributed by atoms with Crippen molar-refractivity contribution in [3.05, 3.63) is 23.8 Å². The van der Waals surface area contributed by atoms with Crippen LogP contribution < -0.4 is 14.8 Å². The summed E-state index contributed by atoms with van der Waals surface area (Å²) in [5.41, 5.74) is 0.522. The van der Waals surface area contributed by atoms with Crippen LogP contribution in [0.3, 0.4) is 0 Å². The standard InChI is InChI=1S/C15H23NO3/c1-15(2,3)16-10-9-11(17)14-12(18-4)7-6-8-13(14)19-5/h6-8,16H,9-10H2,1-5H3. The molecule has 1 aromatic carbocycles. The molecule has 0 saturated carbocycles. The minimum absolute atomic E-state index is 0.00510. The first kappa shape index (κ1) is 15.5. The quantitative estimate of drug-likeness (QED) is 0.803. The molecule has 0 bridgehead atoms. The van der Waals surface area contributed by atoms with Crippen molar-refractivity contribution in [2.75, 3.05) is 20.8 Å². The van der Waals surface area contributed by atoms with E-state index in [1.807, 2.05) is 6.07 Å². The van der Waals surface area contributed by atoms with Gasteiger partial charge in [-0.2, -0.15) is 0 Å². The number of ketones is 1. The third kappa shape index (κ3) is 4.56. The second kappa shape index (κ2) is 6.57. The van der Waals surface area contributed by atoms with Crippen molar-refractivity contribution in [3.8, 4) is 11.5 Å². The Morgan fingerprint density at radius 1 is 1.16 bits per heavy atom.